The Labute approximate surface area is 97.3 Å². The summed E-state index contributed by atoms with van der Waals surface area (Å²) in [6, 6.07) is 1.42. The first kappa shape index (κ1) is 9.86. The van der Waals surface area contributed by atoms with Crippen LogP contribution in [-0.4, -0.2) is 38.4 Å². The summed E-state index contributed by atoms with van der Waals surface area (Å²) in [5.41, 5.74) is 0. The molecule has 1 saturated heterocycles. The van der Waals surface area contributed by atoms with E-state index in [0.717, 1.165) is 56.0 Å². The second-order valence-corrected chi connectivity index (χ2v) is 6.15. The molecule has 1 aliphatic heterocycles. The van der Waals surface area contributed by atoms with Crippen LogP contribution in [0.25, 0.3) is 0 Å². The summed E-state index contributed by atoms with van der Waals surface area (Å²) in [6.45, 7) is 3.91. The first-order valence-corrected chi connectivity index (χ1v) is 6.98. The summed E-state index contributed by atoms with van der Waals surface area (Å²) in [5, 5.41) is 7.31. The Morgan fingerprint density at radius 3 is 2.69 bits per heavy atom. The minimum absolute atomic E-state index is 0.549. The number of ether oxygens (including phenoxy) is 1. The zero-order valence-electron chi connectivity index (χ0n) is 9.82. The Bertz CT molecular complexity index is 261. The van der Waals surface area contributed by atoms with E-state index in [1.807, 2.05) is 0 Å². The molecule has 90 valence electrons. The van der Waals surface area contributed by atoms with Gasteiger partial charge in [0.05, 0.1) is 13.2 Å². The van der Waals surface area contributed by atoms with Crippen molar-refractivity contribution in [2.75, 3.05) is 26.3 Å². The van der Waals surface area contributed by atoms with Crippen molar-refractivity contribution < 1.29 is 4.74 Å². The Morgan fingerprint density at radius 1 is 1.19 bits per heavy atom. The van der Waals surface area contributed by atoms with Crippen LogP contribution >= 0.6 is 0 Å². The first-order valence-electron chi connectivity index (χ1n) is 6.98. The van der Waals surface area contributed by atoms with Crippen molar-refractivity contribution in [3.8, 4) is 0 Å². The number of morpholine rings is 1. The van der Waals surface area contributed by atoms with Gasteiger partial charge in [0.25, 0.3) is 0 Å². The van der Waals surface area contributed by atoms with Gasteiger partial charge < -0.3 is 15.4 Å². The Kier molecular flexibility index (Phi) is 2.27. The molecule has 1 heterocycles. The summed E-state index contributed by atoms with van der Waals surface area (Å²) in [7, 11) is 0. The van der Waals surface area contributed by atoms with E-state index in [2.05, 4.69) is 10.6 Å². The first-order chi connectivity index (χ1) is 7.93. The quantitative estimate of drug-likeness (QED) is 0.734. The maximum atomic E-state index is 5.48. The summed E-state index contributed by atoms with van der Waals surface area (Å²) < 4.78 is 5.48. The molecule has 5 unspecified atom stereocenters. The van der Waals surface area contributed by atoms with Crippen molar-refractivity contribution in [1.82, 2.24) is 10.6 Å². The van der Waals surface area contributed by atoms with Crippen molar-refractivity contribution in [3.05, 3.63) is 0 Å². The van der Waals surface area contributed by atoms with Gasteiger partial charge in [-0.15, -0.1) is 0 Å². The molecule has 2 bridgehead atoms. The lowest BCUT2D eigenvalue weighted by Gasteiger charge is -2.24. The second-order valence-electron chi connectivity index (χ2n) is 6.15. The standard InChI is InChI=1S/C13H22N2O/c1-2-9-5-8(1)11-12(9)13(11)15-6-10-7-16-4-3-14-10/h8-15H,1-7H2. The average Bonchev–Trinajstić information content (AvgIpc) is 2.72. The van der Waals surface area contributed by atoms with Crippen LogP contribution in [0.4, 0.5) is 0 Å². The predicted molar refractivity (Wildman–Crippen MR) is 62.2 cm³/mol. The molecule has 3 aliphatic carbocycles. The maximum absolute atomic E-state index is 5.48. The van der Waals surface area contributed by atoms with Crippen LogP contribution in [0.5, 0.6) is 0 Å². The van der Waals surface area contributed by atoms with Crippen molar-refractivity contribution in [2.45, 2.75) is 31.3 Å². The Morgan fingerprint density at radius 2 is 2.00 bits per heavy atom. The molecule has 3 nitrogen and oxygen atoms in total. The molecule has 4 rings (SSSR count). The van der Waals surface area contributed by atoms with Gasteiger partial charge in [-0.05, 0) is 42.9 Å². The lowest BCUT2D eigenvalue weighted by atomic mass is 10.0. The lowest BCUT2D eigenvalue weighted by Crippen LogP contribution is -2.48. The molecule has 5 atom stereocenters. The zero-order valence-corrected chi connectivity index (χ0v) is 9.82. The number of nitrogens with one attached hydrogen (secondary N) is 2. The molecule has 0 aromatic carbocycles. The molecule has 4 fully saturated rings. The highest BCUT2D eigenvalue weighted by Gasteiger charge is 2.64. The minimum atomic E-state index is 0.549. The molecule has 0 amide bonds. The largest absolute Gasteiger partial charge is 0.378 e. The highest BCUT2D eigenvalue weighted by Crippen LogP contribution is 2.65. The summed E-state index contributed by atoms with van der Waals surface area (Å²) >= 11 is 0. The van der Waals surface area contributed by atoms with Crippen LogP contribution in [0.2, 0.25) is 0 Å². The second kappa shape index (κ2) is 3.69. The number of hydrogen-bond acceptors (Lipinski definition) is 3. The Balaban J connectivity index is 1.28. The highest BCUT2D eigenvalue weighted by atomic mass is 16.5. The molecule has 0 radical (unpaired) electrons. The number of hydrogen-bond donors (Lipinski definition) is 2. The highest BCUT2D eigenvalue weighted by molar-refractivity contribution is 5.16. The fraction of sp³-hybridized carbons (Fsp3) is 1.00. The number of rotatable bonds is 3. The van der Waals surface area contributed by atoms with Crippen LogP contribution in [0.15, 0.2) is 0 Å². The van der Waals surface area contributed by atoms with E-state index in [1.54, 1.807) is 6.42 Å². The molecular formula is C13H22N2O. The molecule has 4 aliphatic rings. The van der Waals surface area contributed by atoms with E-state index in [0.29, 0.717) is 6.04 Å². The van der Waals surface area contributed by atoms with Gasteiger partial charge in [0.15, 0.2) is 0 Å². The molecule has 16 heavy (non-hydrogen) atoms. The van der Waals surface area contributed by atoms with Crippen LogP contribution in [-0.2, 0) is 4.74 Å². The summed E-state index contributed by atoms with van der Waals surface area (Å²) in [5.74, 6) is 4.29. The maximum Gasteiger partial charge on any atom is 0.0632 e. The van der Waals surface area contributed by atoms with Crippen LogP contribution in [0.1, 0.15) is 19.3 Å². The normalized spacial score (nSPS) is 54.0. The van der Waals surface area contributed by atoms with Gasteiger partial charge in [0.2, 0.25) is 0 Å². The van der Waals surface area contributed by atoms with Gasteiger partial charge in [-0.25, -0.2) is 0 Å². The van der Waals surface area contributed by atoms with Gasteiger partial charge in [-0.3, -0.25) is 0 Å². The van der Waals surface area contributed by atoms with E-state index < -0.39 is 0 Å². The molecule has 0 spiro atoms. The summed E-state index contributed by atoms with van der Waals surface area (Å²) in [6.07, 6.45) is 4.60. The van der Waals surface area contributed by atoms with E-state index in [4.69, 9.17) is 4.74 Å². The third-order valence-electron chi connectivity index (χ3n) is 5.33. The van der Waals surface area contributed by atoms with Crippen molar-refractivity contribution >= 4 is 0 Å². The predicted octanol–water partition coefficient (Wildman–Crippen LogP) is 0.609. The van der Waals surface area contributed by atoms with E-state index in [-0.39, 0.29) is 0 Å². The SMILES string of the molecule is C1COCC(CNC2C3C4CCC(C4)C23)N1. The van der Waals surface area contributed by atoms with Gasteiger partial charge >= 0.3 is 0 Å². The van der Waals surface area contributed by atoms with Crippen LogP contribution in [0.3, 0.4) is 0 Å². The molecule has 2 N–H and O–H groups in total. The van der Waals surface area contributed by atoms with Crippen molar-refractivity contribution in [1.29, 1.82) is 0 Å². The van der Waals surface area contributed by atoms with Gasteiger partial charge in [-0.2, -0.15) is 0 Å². The van der Waals surface area contributed by atoms with Gasteiger partial charge in [0.1, 0.15) is 0 Å². The van der Waals surface area contributed by atoms with Crippen LogP contribution < -0.4 is 10.6 Å². The average molecular weight is 222 g/mol. The minimum Gasteiger partial charge on any atom is -0.378 e. The van der Waals surface area contributed by atoms with Gasteiger partial charge in [-0.1, -0.05) is 0 Å². The summed E-state index contributed by atoms with van der Waals surface area (Å²) in [4.78, 5) is 0. The molecule has 0 aromatic rings. The van der Waals surface area contributed by atoms with Crippen molar-refractivity contribution in [3.63, 3.8) is 0 Å². The lowest BCUT2D eigenvalue weighted by molar-refractivity contribution is 0.0762. The van der Waals surface area contributed by atoms with E-state index in [9.17, 15) is 0 Å². The third-order valence-corrected chi connectivity index (χ3v) is 5.33. The van der Waals surface area contributed by atoms with Gasteiger partial charge in [0, 0.05) is 25.2 Å². The molecule has 3 saturated carbocycles. The fourth-order valence-corrected chi connectivity index (χ4v) is 4.63. The van der Waals surface area contributed by atoms with E-state index in [1.165, 1.54) is 12.8 Å². The third kappa shape index (κ3) is 1.45. The topological polar surface area (TPSA) is 33.3 Å². The monoisotopic (exact) mass is 222 g/mol. The molecule has 0 aromatic heterocycles. The van der Waals surface area contributed by atoms with Crippen molar-refractivity contribution in [2.24, 2.45) is 23.7 Å². The zero-order chi connectivity index (χ0) is 10.5. The van der Waals surface area contributed by atoms with Crippen LogP contribution in [0, 0.1) is 23.7 Å². The molecular weight excluding hydrogens is 200 g/mol. The molecule has 3 heteroatoms. The Hall–Kier alpha value is -0.120. The van der Waals surface area contributed by atoms with E-state index >= 15 is 0 Å². The number of fused-ring (bicyclic) bond motifs is 5. The fourth-order valence-electron chi connectivity index (χ4n) is 4.63. The smallest absolute Gasteiger partial charge is 0.0632 e.